The molecule has 0 aliphatic heterocycles. The van der Waals surface area contributed by atoms with E-state index in [0.29, 0.717) is 10.6 Å². The van der Waals surface area contributed by atoms with E-state index in [0.717, 1.165) is 15.8 Å². The molecule has 0 fully saturated rings. The Labute approximate surface area is 144 Å². The molecule has 0 radical (unpaired) electrons. The first-order valence-electron chi connectivity index (χ1n) is 7.28. The van der Waals surface area contributed by atoms with Crippen LogP contribution in [0.3, 0.4) is 0 Å². The molecule has 7 heteroatoms. The Hall–Kier alpha value is -2.25. The molecule has 1 N–H and O–H groups in total. The van der Waals surface area contributed by atoms with Crippen molar-refractivity contribution in [2.24, 2.45) is 0 Å². The van der Waals surface area contributed by atoms with Crippen LogP contribution in [0.5, 0.6) is 0 Å². The molecule has 0 aliphatic rings. The van der Waals surface area contributed by atoms with Crippen molar-refractivity contribution in [2.75, 3.05) is 11.6 Å². The van der Waals surface area contributed by atoms with Crippen molar-refractivity contribution in [3.63, 3.8) is 0 Å². The van der Waals surface area contributed by atoms with Crippen LogP contribution in [0.25, 0.3) is 10.2 Å². The van der Waals surface area contributed by atoms with Gasteiger partial charge in [0.2, 0.25) is 5.91 Å². The summed E-state index contributed by atoms with van der Waals surface area (Å²) in [5.41, 5.74) is 2.70. The van der Waals surface area contributed by atoms with Crippen LogP contribution in [-0.4, -0.2) is 25.6 Å². The highest BCUT2D eigenvalue weighted by atomic mass is 32.2. The van der Waals surface area contributed by atoms with E-state index in [-0.39, 0.29) is 17.2 Å². The zero-order valence-corrected chi connectivity index (χ0v) is 14.9. The fraction of sp³-hybridized carbons (Fsp3) is 0.176. The number of benzene rings is 2. The third-order valence-corrected chi connectivity index (χ3v) is 5.69. The maximum atomic E-state index is 12.2. The number of rotatable bonds is 4. The topological polar surface area (TPSA) is 76.1 Å². The molecule has 1 aromatic heterocycles. The molecule has 3 aromatic rings. The molecular formula is C17H16N2O3S2. The second-order valence-corrected chi connectivity index (χ2v) is 8.62. The fourth-order valence-electron chi connectivity index (χ4n) is 2.33. The van der Waals surface area contributed by atoms with Crippen molar-refractivity contribution in [2.45, 2.75) is 18.2 Å². The molecule has 24 heavy (non-hydrogen) atoms. The van der Waals surface area contributed by atoms with Gasteiger partial charge in [0.1, 0.15) is 0 Å². The van der Waals surface area contributed by atoms with Crippen LogP contribution in [-0.2, 0) is 21.1 Å². The lowest BCUT2D eigenvalue weighted by Gasteiger charge is -2.04. The smallest absolute Gasteiger partial charge is 0.230 e. The summed E-state index contributed by atoms with van der Waals surface area (Å²) in [7, 11) is -3.26. The van der Waals surface area contributed by atoms with Gasteiger partial charge in [-0.15, -0.1) is 0 Å². The number of fused-ring (bicyclic) bond motifs is 1. The molecule has 124 valence electrons. The molecule has 0 saturated heterocycles. The van der Waals surface area contributed by atoms with E-state index in [1.54, 1.807) is 12.1 Å². The van der Waals surface area contributed by atoms with E-state index in [9.17, 15) is 13.2 Å². The van der Waals surface area contributed by atoms with Crippen LogP contribution in [0.15, 0.2) is 47.4 Å². The largest absolute Gasteiger partial charge is 0.302 e. The summed E-state index contributed by atoms with van der Waals surface area (Å²) in [5.74, 6) is -0.147. The number of hydrogen-bond donors (Lipinski definition) is 1. The van der Waals surface area contributed by atoms with Gasteiger partial charge in [-0.1, -0.05) is 35.6 Å². The maximum absolute atomic E-state index is 12.2. The summed E-state index contributed by atoms with van der Waals surface area (Å²) in [4.78, 5) is 16.8. The Balaban J connectivity index is 1.80. The fourth-order valence-corrected chi connectivity index (χ4v) is 3.98. The second-order valence-electron chi connectivity index (χ2n) is 5.57. The van der Waals surface area contributed by atoms with Crippen LogP contribution in [0.1, 0.15) is 11.1 Å². The van der Waals surface area contributed by atoms with Crippen LogP contribution in [0, 0.1) is 6.92 Å². The first-order chi connectivity index (χ1) is 11.3. The molecular weight excluding hydrogens is 344 g/mol. The molecule has 0 spiro atoms. The lowest BCUT2D eigenvalue weighted by Crippen LogP contribution is -2.14. The third kappa shape index (κ3) is 3.63. The molecule has 5 nitrogen and oxygen atoms in total. The second kappa shape index (κ2) is 6.33. The number of nitrogens with zero attached hydrogens (tertiary/aromatic N) is 1. The molecule has 0 atom stereocenters. The predicted molar refractivity (Wildman–Crippen MR) is 96.2 cm³/mol. The number of thiazole rings is 1. The van der Waals surface area contributed by atoms with E-state index in [4.69, 9.17) is 0 Å². The summed E-state index contributed by atoms with van der Waals surface area (Å²) >= 11 is 1.26. The number of hydrogen-bond acceptors (Lipinski definition) is 5. The Morgan fingerprint density at radius 2 is 1.96 bits per heavy atom. The van der Waals surface area contributed by atoms with Gasteiger partial charge in [-0.05, 0) is 36.2 Å². The molecule has 2 aromatic carbocycles. The van der Waals surface area contributed by atoms with Crippen LogP contribution in [0.4, 0.5) is 5.13 Å². The minimum Gasteiger partial charge on any atom is -0.302 e. The SMILES string of the molecule is Cc1ccccc1CC(=O)Nc1nc2ccc(S(C)(=O)=O)cc2s1. The number of carbonyl (C=O) groups is 1. The first-order valence-corrected chi connectivity index (χ1v) is 9.99. The molecule has 0 bridgehead atoms. The summed E-state index contributed by atoms with van der Waals surface area (Å²) in [6.07, 6.45) is 1.44. The third-order valence-electron chi connectivity index (χ3n) is 3.65. The highest BCUT2D eigenvalue weighted by molar-refractivity contribution is 7.90. The summed E-state index contributed by atoms with van der Waals surface area (Å²) < 4.78 is 23.9. The van der Waals surface area contributed by atoms with Crippen LogP contribution >= 0.6 is 11.3 Å². The van der Waals surface area contributed by atoms with Crippen molar-refractivity contribution in [3.05, 3.63) is 53.6 Å². The van der Waals surface area contributed by atoms with Gasteiger partial charge in [-0.25, -0.2) is 13.4 Å². The number of nitrogens with one attached hydrogen (secondary N) is 1. The van der Waals surface area contributed by atoms with Gasteiger partial charge in [-0.3, -0.25) is 4.79 Å². The number of aryl methyl sites for hydroxylation is 1. The molecule has 3 rings (SSSR count). The molecule has 0 unspecified atom stereocenters. The Morgan fingerprint density at radius 1 is 1.21 bits per heavy atom. The standard InChI is InChI=1S/C17H16N2O3S2/c1-11-5-3-4-6-12(11)9-16(20)19-17-18-14-8-7-13(24(2,21)22)10-15(14)23-17/h3-8,10H,9H2,1-2H3,(H,18,19,20). The van der Waals surface area contributed by atoms with Gasteiger partial charge >= 0.3 is 0 Å². The van der Waals surface area contributed by atoms with E-state index in [2.05, 4.69) is 10.3 Å². The zero-order chi connectivity index (χ0) is 17.3. The van der Waals surface area contributed by atoms with Crippen molar-refractivity contribution in [1.29, 1.82) is 0 Å². The minimum atomic E-state index is -3.26. The van der Waals surface area contributed by atoms with Gasteiger partial charge in [0, 0.05) is 6.26 Å². The monoisotopic (exact) mass is 360 g/mol. The van der Waals surface area contributed by atoms with Crippen molar-refractivity contribution in [1.82, 2.24) is 4.98 Å². The molecule has 1 heterocycles. The number of carbonyl (C=O) groups excluding carboxylic acids is 1. The normalized spacial score (nSPS) is 11.6. The van der Waals surface area contributed by atoms with E-state index >= 15 is 0 Å². The number of anilines is 1. The molecule has 0 aliphatic carbocycles. The van der Waals surface area contributed by atoms with Gasteiger partial charge in [0.05, 0.1) is 21.5 Å². The lowest BCUT2D eigenvalue weighted by molar-refractivity contribution is -0.115. The number of aromatic nitrogens is 1. The van der Waals surface area contributed by atoms with E-state index < -0.39 is 9.84 Å². The van der Waals surface area contributed by atoms with Crippen LogP contribution < -0.4 is 5.32 Å². The van der Waals surface area contributed by atoms with Gasteiger partial charge in [-0.2, -0.15) is 0 Å². The van der Waals surface area contributed by atoms with Gasteiger partial charge in [0.25, 0.3) is 0 Å². The van der Waals surface area contributed by atoms with Gasteiger partial charge < -0.3 is 5.32 Å². The quantitative estimate of drug-likeness (QED) is 0.775. The first kappa shape index (κ1) is 16.6. The summed E-state index contributed by atoms with van der Waals surface area (Å²) in [6, 6.07) is 12.5. The predicted octanol–water partition coefficient (Wildman–Crippen LogP) is 3.19. The summed E-state index contributed by atoms with van der Waals surface area (Å²) in [5, 5.41) is 3.25. The van der Waals surface area contributed by atoms with Crippen molar-refractivity contribution < 1.29 is 13.2 Å². The van der Waals surface area contributed by atoms with E-state index in [1.165, 1.54) is 23.7 Å². The number of sulfone groups is 1. The highest BCUT2D eigenvalue weighted by Gasteiger charge is 2.12. The average Bonchev–Trinajstić information content (AvgIpc) is 2.89. The van der Waals surface area contributed by atoms with Gasteiger partial charge in [0.15, 0.2) is 15.0 Å². The maximum Gasteiger partial charge on any atom is 0.230 e. The Bertz CT molecular complexity index is 1020. The lowest BCUT2D eigenvalue weighted by atomic mass is 10.1. The molecule has 1 amide bonds. The Kier molecular flexibility index (Phi) is 4.38. The molecule has 0 saturated carbocycles. The van der Waals surface area contributed by atoms with Crippen LogP contribution in [0.2, 0.25) is 0 Å². The highest BCUT2D eigenvalue weighted by Crippen LogP contribution is 2.28. The van der Waals surface area contributed by atoms with Crippen molar-refractivity contribution >= 4 is 42.4 Å². The summed E-state index contributed by atoms with van der Waals surface area (Å²) in [6.45, 7) is 1.97. The Morgan fingerprint density at radius 3 is 2.67 bits per heavy atom. The minimum absolute atomic E-state index is 0.147. The van der Waals surface area contributed by atoms with E-state index in [1.807, 2.05) is 31.2 Å². The number of amides is 1. The average molecular weight is 360 g/mol. The zero-order valence-electron chi connectivity index (χ0n) is 13.2. The van der Waals surface area contributed by atoms with Crippen molar-refractivity contribution in [3.8, 4) is 0 Å².